The van der Waals surface area contributed by atoms with E-state index in [1.54, 1.807) is 18.5 Å². The molecule has 2 rings (SSSR count). The molecule has 0 radical (unpaired) electrons. The van der Waals surface area contributed by atoms with Crippen LogP contribution >= 0.6 is 0 Å². The molecule has 0 bridgehead atoms. The van der Waals surface area contributed by atoms with Crippen molar-refractivity contribution in [2.45, 2.75) is 84.5 Å². The Kier molecular flexibility index (Phi) is 8.89. The number of halogens is 4. The monoisotopic (exact) mass is 456 g/mol. The second kappa shape index (κ2) is 11.0. The predicted octanol–water partition coefficient (Wildman–Crippen LogP) is 6.99. The van der Waals surface area contributed by atoms with Gasteiger partial charge in [-0.05, 0) is 73.9 Å². The highest BCUT2D eigenvalue weighted by Gasteiger charge is 2.44. The van der Waals surface area contributed by atoms with Gasteiger partial charge in [0.05, 0.1) is 5.69 Å². The highest BCUT2D eigenvalue weighted by molar-refractivity contribution is 5.80. The van der Waals surface area contributed by atoms with Crippen LogP contribution in [0.15, 0.2) is 40.5 Å². The van der Waals surface area contributed by atoms with E-state index < -0.39 is 25.1 Å². The first-order valence-electron chi connectivity index (χ1n) is 10.9. The molecule has 1 unspecified atom stereocenters. The summed E-state index contributed by atoms with van der Waals surface area (Å²) in [6.45, 7) is 7.88. The Balaban J connectivity index is 2.36. The van der Waals surface area contributed by atoms with Gasteiger partial charge in [-0.15, -0.1) is 0 Å². The van der Waals surface area contributed by atoms with Gasteiger partial charge in [0.2, 0.25) is 0 Å². The van der Waals surface area contributed by atoms with E-state index in [0.29, 0.717) is 23.2 Å². The summed E-state index contributed by atoms with van der Waals surface area (Å²) >= 11 is 0. The van der Waals surface area contributed by atoms with Crippen molar-refractivity contribution in [2.75, 3.05) is 5.32 Å². The van der Waals surface area contributed by atoms with Crippen molar-refractivity contribution in [3.8, 4) is 5.75 Å². The van der Waals surface area contributed by atoms with Crippen LogP contribution in [0.1, 0.15) is 64.5 Å². The Bertz CT molecular complexity index is 879. The maximum atomic E-state index is 13.8. The summed E-state index contributed by atoms with van der Waals surface area (Å²) < 4.78 is 58.9. The molecule has 1 aromatic rings. The first-order valence-corrected chi connectivity index (χ1v) is 10.9. The molecule has 1 aliphatic rings. The number of fused-ring (bicyclic) bond motifs is 1. The number of nitrogens with zero attached hydrogens (tertiary/aromatic N) is 1. The van der Waals surface area contributed by atoms with Crippen molar-refractivity contribution in [3.05, 3.63) is 46.7 Å². The normalized spacial score (nSPS) is 20.2. The Hall–Kier alpha value is -2.35. The molecule has 0 amide bonds. The largest absolute Gasteiger partial charge is 0.506 e. The number of aromatic hydroxyl groups is 1. The highest BCUT2D eigenvalue weighted by atomic mass is 19.3. The first kappa shape index (κ1) is 25.9. The van der Waals surface area contributed by atoms with E-state index in [1.165, 1.54) is 6.07 Å². The Morgan fingerprint density at radius 3 is 2.28 bits per heavy atom. The molecule has 0 saturated heterocycles. The summed E-state index contributed by atoms with van der Waals surface area (Å²) in [4.78, 5) is 4.25. The molecular weight excluding hydrogens is 424 g/mol. The third kappa shape index (κ3) is 7.08. The quantitative estimate of drug-likeness (QED) is 0.264. The van der Waals surface area contributed by atoms with E-state index in [-0.39, 0.29) is 24.6 Å². The van der Waals surface area contributed by atoms with Crippen LogP contribution in [0.3, 0.4) is 0 Å². The van der Waals surface area contributed by atoms with Gasteiger partial charge in [-0.3, -0.25) is 9.73 Å². The summed E-state index contributed by atoms with van der Waals surface area (Å²) in [5, 5.41) is 13.8. The molecule has 1 aromatic carbocycles. The summed E-state index contributed by atoms with van der Waals surface area (Å²) in [5.74, 6) is -0.106. The molecule has 178 valence electrons. The maximum absolute atomic E-state index is 13.8. The smallest absolute Gasteiger partial charge is 0.360 e. The van der Waals surface area contributed by atoms with E-state index in [9.17, 15) is 22.7 Å². The fraction of sp³-hybridized carbons (Fsp3) is 0.542. The Morgan fingerprint density at radius 1 is 1.16 bits per heavy atom. The molecule has 0 fully saturated rings. The van der Waals surface area contributed by atoms with E-state index >= 15 is 0 Å². The maximum Gasteiger partial charge on any atom is 0.360 e. The zero-order valence-electron chi connectivity index (χ0n) is 19.0. The fourth-order valence-corrected chi connectivity index (χ4v) is 3.76. The van der Waals surface area contributed by atoms with Crippen LogP contribution in [0.25, 0.3) is 0 Å². The summed E-state index contributed by atoms with van der Waals surface area (Å²) in [6, 6.07) is 2.84. The van der Waals surface area contributed by atoms with Gasteiger partial charge in [-0.1, -0.05) is 19.9 Å². The summed E-state index contributed by atoms with van der Waals surface area (Å²) in [6.07, 6.45) is -3.12. The molecular formula is C24H32F4N2O2. The molecule has 32 heavy (non-hydrogen) atoms. The number of rotatable bonds is 7. The minimum atomic E-state index is -3.93. The van der Waals surface area contributed by atoms with Crippen LogP contribution in [-0.2, 0) is 17.6 Å². The minimum Gasteiger partial charge on any atom is -0.506 e. The number of aliphatic imine (C=N–C) groups is 1. The minimum absolute atomic E-state index is 0.106. The van der Waals surface area contributed by atoms with E-state index in [2.05, 4.69) is 15.0 Å². The zero-order chi connectivity index (χ0) is 23.9. The topological polar surface area (TPSA) is 53.9 Å². The van der Waals surface area contributed by atoms with Crippen molar-refractivity contribution in [3.63, 3.8) is 0 Å². The van der Waals surface area contributed by atoms with Crippen molar-refractivity contribution in [1.82, 2.24) is 0 Å². The number of alkyl halides is 4. The lowest BCUT2D eigenvalue weighted by molar-refractivity contribution is -0.377. The van der Waals surface area contributed by atoms with Gasteiger partial charge in [0, 0.05) is 31.3 Å². The number of aryl methyl sites for hydroxylation is 2. The van der Waals surface area contributed by atoms with Crippen molar-refractivity contribution in [2.24, 2.45) is 4.99 Å². The van der Waals surface area contributed by atoms with Gasteiger partial charge in [0.15, 0.2) is 0 Å². The standard InChI is InChI=1S/C24H32F4N2O2/c1-5-12-29-15-17(6-2)16(4)20(7-3)30-21-13-18-8-10-23(25,26)32-24(27,28)11-9-19(18)14-22(21)31/h5,12-15,20,30-31H,6-11H2,1-4H3/b12-5-,17-16+,29-15-. The van der Waals surface area contributed by atoms with Crippen molar-refractivity contribution >= 4 is 11.9 Å². The average Bonchev–Trinajstić information content (AvgIpc) is 2.76. The molecule has 0 saturated carbocycles. The van der Waals surface area contributed by atoms with Gasteiger partial charge >= 0.3 is 12.2 Å². The van der Waals surface area contributed by atoms with Gasteiger partial charge in [-0.25, -0.2) is 0 Å². The summed E-state index contributed by atoms with van der Waals surface area (Å²) in [7, 11) is 0. The van der Waals surface area contributed by atoms with Crippen LogP contribution in [0.4, 0.5) is 23.2 Å². The molecule has 0 aromatic heterocycles. The fourth-order valence-electron chi connectivity index (χ4n) is 3.76. The lowest BCUT2D eigenvalue weighted by atomic mass is 9.96. The van der Waals surface area contributed by atoms with E-state index in [0.717, 1.165) is 17.6 Å². The molecule has 8 heteroatoms. The number of nitrogens with one attached hydrogen (secondary N) is 1. The molecule has 1 heterocycles. The third-order valence-electron chi connectivity index (χ3n) is 5.60. The van der Waals surface area contributed by atoms with Gasteiger partial charge in [-0.2, -0.15) is 17.6 Å². The van der Waals surface area contributed by atoms with Crippen molar-refractivity contribution in [1.29, 1.82) is 0 Å². The van der Waals surface area contributed by atoms with Crippen LogP contribution in [0.2, 0.25) is 0 Å². The zero-order valence-corrected chi connectivity index (χ0v) is 19.0. The lowest BCUT2D eigenvalue weighted by Gasteiger charge is -2.23. The Labute approximate surface area is 187 Å². The number of ether oxygens (including phenoxy) is 1. The van der Waals surface area contributed by atoms with Crippen LogP contribution in [-0.4, -0.2) is 29.6 Å². The first-order chi connectivity index (χ1) is 15.0. The summed E-state index contributed by atoms with van der Waals surface area (Å²) in [5.41, 5.74) is 3.38. The number of anilines is 1. The van der Waals surface area contributed by atoms with Gasteiger partial charge in [0.25, 0.3) is 0 Å². The molecule has 0 aliphatic carbocycles. The average molecular weight is 457 g/mol. The Morgan fingerprint density at radius 2 is 1.75 bits per heavy atom. The molecule has 1 aliphatic heterocycles. The van der Waals surface area contributed by atoms with Crippen LogP contribution in [0.5, 0.6) is 5.75 Å². The predicted molar refractivity (Wildman–Crippen MR) is 120 cm³/mol. The lowest BCUT2D eigenvalue weighted by Crippen LogP contribution is -2.33. The van der Waals surface area contributed by atoms with Gasteiger partial charge < -0.3 is 10.4 Å². The van der Waals surface area contributed by atoms with E-state index in [1.807, 2.05) is 33.8 Å². The molecule has 2 N–H and O–H groups in total. The number of phenolic OH excluding ortho intramolecular Hbond substituents is 1. The number of benzene rings is 1. The number of phenols is 1. The third-order valence-corrected chi connectivity index (χ3v) is 5.60. The highest BCUT2D eigenvalue weighted by Crippen LogP contribution is 2.38. The van der Waals surface area contributed by atoms with Crippen LogP contribution < -0.4 is 5.32 Å². The van der Waals surface area contributed by atoms with Crippen molar-refractivity contribution < 1.29 is 27.4 Å². The number of hydrogen-bond acceptors (Lipinski definition) is 4. The second-order valence-corrected chi connectivity index (χ2v) is 7.94. The molecule has 0 spiro atoms. The van der Waals surface area contributed by atoms with E-state index in [4.69, 9.17) is 0 Å². The number of allylic oxidation sites excluding steroid dienone is 2. The van der Waals surface area contributed by atoms with Crippen LogP contribution in [0, 0.1) is 0 Å². The SMILES string of the molecule is C\C=C/N=C\C(CC)=C(/C)C(CC)Nc1cc2c(cc1O)CCC(F)(F)OC(F)(F)CC2. The van der Waals surface area contributed by atoms with Gasteiger partial charge in [0.1, 0.15) is 5.75 Å². The molecule has 4 nitrogen and oxygen atoms in total. The number of hydrogen-bond donors (Lipinski definition) is 2. The second-order valence-electron chi connectivity index (χ2n) is 7.94. The molecule has 1 atom stereocenters.